The van der Waals surface area contributed by atoms with E-state index in [1.165, 1.54) is 0 Å². The van der Waals surface area contributed by atoms with Crippen LogP contribution in [0, 0.1) is 11.3 Å². The number of carbonyl (C=O) groups is 2. The lowest BCUT2D eigenvalue weighted by Gasteiger charge is -2.27. The Hall–Kier alpha value is -1.92. The topological polar surface area (TPSA) is 70.1 Å². The third kappa shape index (κ3) is 3.03. The van der Waals surface area contributed by atoms with Gasteiger partial charge < -0.3 is 19.6 Å². The number of ether oxygens (including phenoxy) is 1. The van der Waals surface area contributed by atoms with E-state index in [1.54, 1.807) is 21.9 Å². The van der Waals surface area contributed by atoms with Gasteiger partial charge in [-0.25, -0.2) is 0 Å². The number of rotatable bonds is 5. The minimum absolute atomic E-state index is 0.00924. The van der Waals surface area contributed by atoms with Crippen molar-refractivity contribution in [2.24, 2.45) is 11.3 Å². The molecule has 6 nitrogen and oxygen atoms in total. The molecule has 2 saturated heterocycles. The van der Waals surface area contributed by atoms with Crippen LogP contribution in [0.4, 0.5) is 0 Å². The zero-order valence-corrected chi connectivity index (χ0v) is 14.0. The van der Waals surface area contributed by atoms with E-state index < -0.39 is 5.41 Å². The highest BCUT2D eigenvalue weighted by atomic mass is 16.5. The number of carbonyl (C=O) groups excluding carboxylic acids is 2. The largest absolute Gasteiger partial charge is 0.396 e. The lowest BCUT2D eigenvalue weighted by Crippen LogP contribution is -2.41. The quantitative estimate of drug-likeness (QED) is 0.858. The molecule has 2 aliphatic heterocycles. The molecule has 1 aromatic rings. The number of nitrogens with zero attached hydrogens (tertiary/aromatic N) is 2. The van der Waals surface area contributed by atoms with Crippen LogP contribution in [0.25, 0.3) is 0 Å². The minimum atomic E-state index is -0.410. The molecule has 0 bridgehead atoms. The molecule has 3 rings (SSSR count). The van der Waals surface area contributed by atoms with Gasteiger partial charge in [-0.15, -0.1) is 0 Å². The number of likely N-dealkylation sites (tertiary alicyclic amines) is 2. The average Bonchev–Trinajstić information content (AvgIpc) is 3.14. The third-order valence-electron chi connectivity index (χ3n) is 5.16. The summed E-state index contributed by atoms with van der Waals surface area (Å²) < 4.78 is 5.20. The fourth-order valence-corrected chi connectivity index (χ4v) is 3.79. The predicted octanol–water partition coefficient (Wildman–Crippen LogP) is 0.616. The third-order valence-corrected chi connectivity index (χ3v) is 5.16. The first kappa shape index (κ1) is 16.9. The Kier molecular flexibility index (Phi) is 4.87. The van der Waals surface area contributed by atoms with Crippen LogP contribution in [0.3, 0.4) is 0 Å². The number of fused-ring (bicyclic) bond motifs is 1. The second kappa shape index (κ2) is 6.91. The molecule has 0 radical (unpaired) electrons. The van der Waals surface area contributed by atoms with E-state index in [2.05, 4.69) is 0 Å². The van der Waals surface area contributed by atoms with Crippen molar-refractivity contribution in [3.05, 3.63) is 35.9 Å². The van der Waals surface area contributed by atoms with E-state index in [-0.39, 0.29) is 30.9 Å². The fraction of sp³-hybridized carbons (Fsp3) is 0.556. The van der Waals surface area contributed by atoms with Gasteiger partial charge in [0.1, 0.15) is 6.61 Å². The molecule has 6 heteroatoms. The van der Waals surface area contributed by atoms with Gasteiger partial charge in [-0.2, -0.15) is 0 Å². The molecular weight excluding hydrogens is 308 g/mol. The summed E-state index contributed by atoms with van der Waals surface area (Å²) in [6.45, 7) is 4.55. The van der Waals surface area contributed by atoms with Crippen LogP contribution < -0.4 is 0 Å². The molecule has 2 atom stereocenters. The molecule has 2 amide bonds. The van der Waals surface area contributed by atoms with E-state index in [1.807, 2.05) is 25.1 Å². The van der Waals surface area contributed by atoms with Gasteiger partial charge in [-0.3, -0.25) is 9.59 Å². The van der Waals surface area contributed by atoms with Gasteiger partial charge >= 0.3 is 0 Å². The number of amides is 2. The highest BCUT2D eigenvalue weighted by molar-refractivity contribution is 5.94. The van der Waals surface area contributed by atoms with E-state index in [0.717, 1.165) is 0 Å². The van der Waals surface area contributed by atoms with Crippen LogP contribution in [0.15, 0.2) is 30.3 Å². The van der Waals surface area contributed by atoms with E-state index in [4.69, 9.17) is 4.74 Å². The maximum absolute atomic E-state index is 12.6. The summed E-state index contributed by atoms with van der Waals surface area (Å²) in [7, 11) is 0. The second-order valence-corrected chi connectivity index (χ2v) is 6.68. The molecule has 0 saturated carbocycles. The summed E-state index contributed by atoms with van der Waals surface area (Å²) in [5.74, 6) is 0.0609. The summed E-state index contributed by atoms with van der Waals surface area (Å²) in [5, 5.41) is 9.97. The Bertz CT molecular complexity index is 606. The summed E-state index contributed by atoms with van der Waals surface area (Å²) >= 11 is 0. The smallest absolute Gasteiger partial charge is 0.253 e. The van der Waals surface area contributed by atoms with E-state index in [0.29, 0.717) is 38.3 Å². The van der Waals surface area contributed by atoms with Crippen molar-refractivity contribution < 1.29 is 19.4 Å². The first-order chi connectivity index (χ1) is 11.6. The van der Waals surface area contributed by atoms with Crippen LogP contribution in [-0.2, 0) is 9.53 Å². The molecule has 0 unspecified atom stereocenters. The van der Waals surface area contributed by atoms with Crippen molar-refractivity contribution >= 4 is 11.8 Å². The highest BCUT2D eigenvalue weighted by Crippen LogP contribution is 2.42. The van der Waals surface area contributed by atoms with Crippen molar-refractivity contribution in [1.29, 1.82) is 0 Å². The van der Waals surface area contributed by atoms with Crippen LogP contribution in [-0.4, -0.2) is 72.7 Å². The monoisotopic (exact) mass is 332 g/mol. The number of hydrogen-bond acceptors (Lipinski definition) is 4. The Morgan fingerprint density at radius 1 is 1.21 bits per heavy atom. The number of hydrogen-bond donors (Lipinski definition) is 1. The van der Waals surface area contributed by atoms with Crippen molar-refractivity contribution in [2.75, 3.05) is 46.0 Å². The van der Waals surface area contributed by atoms with Gasteiger partial charge in [0.15, 0.2) is 0 Å². The Labute approximate surface area is 142 Å². The number of aliphatic hydroxyl groups excluding tert-OH is 1. The maximum atomic E-state index is 12.6. The predicted molar refractivity (Wildman–Crippen MR) is 88.4 cm³/mol. The van der Waals surface area contributed by atoms with Crippen LogP contribution >= 0.6 is 0 Å². The van der Waals surface area contributed by atoms with Gasteiger partial charge in [0.05, 0.1) is 6.61 Å². The molecule has 130 valence electrons. The van der Waals surface area contributed by atoms with E-state index in [9.17, 15) is 14.7 Å². The number of benzene rings is 1. The first-order valence-corrected chi connectivity index (χ1v) is 8.40. The lowest BCUT2D eigenvalue weighted by atomic mass is 9.82. The molecule has 1 N–H and O–H groups in total. The molecule has 0 spiro atoms. The van der Waals surface area contributed by atoms with Crippen molar-refractivity contribution in [2.45, 2.75) is 6.92 Å². The second-order valence-electron chi connectivity index (χ2n) is 6.68. The summed E-state index contributed by atoms with van der Waals surface area (Å²) in [4.78, 5) is 28.4. The minimum Gasteiger partial charge on any atom is -0.396 e. The molecule has 1 aromatic carbocycles. The Morgan fingerprint density at radius 3 is 2.50 bits per heavy atom. The standard InChI is InChI=1S/C18H24N2O4/c1-2-24-10-16(22)19-8-15-9-20(12-18(15,11-19)13-21)17(23)14-6-4-3-5-7-14/h3-7,15,21H,2,8-13H2,1H3/t15-,18+/m0/s1. The van der Waals surface area contributed by atoms with Crippen LogP contribution in [0.1, 0.15) is 17.3 Å². The summed E-state index contributed by atoms with van der Waals surface area (Å²) in [5.41, 5.74) is 0.251. The van der Waals surface area contributed by atoms with Crippen LogP contribution in [0.2, 0.25) is 0 Å². The van der Waals surface area contributed by atoms with Gasteiger partial charge in [0.2, 0.25) is 5.91 Å². The Balaban J connectivity index is 1.68. The molecule has 0 aromatic heterocycles. The lowest BCUT2D eigenvalue weighted by molar-refractivity contribution is -0.135. The van der Waals surface area contributed by atoms with Crippen LogP contribution in [0.5, 0.6) is 0 Å². The van der Waals surface area contributed by atoms with Gasteiger partial charge in [-0.05, 0) is 19.1 Å². The maximum Gasteiger partial charge on any atom is 0.253 e. The van der Waals surface area contributed by atoms with Crippen molar-refractivity contribution in [3.63, 3.8) is 0 Å². The molecular formula is C18H24N2O4. The molecule has 24 heavy (non-hydrogen) atoms. The summed E-state index contributed by atoms with van der Waals surface area (Å²) in [6, 6.07) is 9.19. The molecule has 0 aliphatic carbocycles. The normalized spacial score (nSPS) is 25.8. The SMILES string of the molecule is CCOCC(=O)N1C[C@H]2CN(C(=O)c3ccccc3)C[C@@]2(CO)C1. The molecule has 2 fully saturated rings. The van der Waals surface area contributed by atoms with Gasteiger partial charge in [0.25, 0.3) is 5.91 Å². The Morgan fingerprint density at radius 2 is 1.88 bits per heavy atom. The average molecular weight is 332 g/mol. The van der Waals surface area contributed by atoms with Gasteiger partial charge in [-0.1, -0.05) is 18.2 Å². The van der Waals surface area contributed by atoms with Crippen molar-refractivity contribution in [1.82, 2.24) is 9.80 Å². The zero-order chi connectivity index (χ0) is 17.2. The van der Waals surface area contributed by atoms with Gasteiger partial charge in [0, 0.05) is 49.7 Å². The fourth-order valence-electron chi connectivity index (χ4n) is 3.79. The first-order valence-electron chi connectivity index (χ1n) is 8.40. The molecule has 2 heterocycles. The zero-order valence-electron chi connectivity index (χ0n) is 14.0. The summed E-state index contributed by atoms with van der Waals surface area (Å²) in [6.07, 6.45) is 0. The van der Waals surface area contributed by atoms with Crippen molar-refractivity contribution in [3.8, 4) is 0 Å². The molecule has 2 aliphatic rings. The number of aliphatic hydroxyl groups is 1. The van der Waals surface area contributed by atoms with E-state index >= 15 is 0 Å². The highest BCUT2D eigenvalue weighted by Gasteiger charge is 2.54.